The summed E-state index contributed by atoms with van der Waals surface area (Å²) in [5, 5.41) is 8.71. The smallest absolute Gasteiger partial charge is 0.156 e. The van der Waals surface area contributed by atoms with Crippen LogP contribution >= 0.6 is 23.2 Å². The van der Waals surface area contributed by atoms with Gasteiger partial charge in [-0.05, 0) is 12.0 Å². The summed E-state index contributed by atoms with van der Waals surface area (Å²) in [7, 11) is 0. The van der Waals surface area contributed by atoms with Crippen molar-refractivity contribution >= 4 is 23.2 Å². The maximum absolute atomic E-state index is 6.12. The Hall–Kier alpha value is -1.16. The minimum absolute atomic E-state index is 0.470. The van der Waals surface area contributed by atoms with Crippen LogP contribution in [0.15, 0.2) is 30.3 Å². The first kappa shape index (κ1) is 12.9. The van der Waals surface area contributed by atoms with Gasteiger partial charge >= 0.3 is 0 Å². The van der Waals surface area contributed by atoms with Crippen molar-refractivity contribution in [2.24, 2.45) is 0 Å². The van der Waals surface area contributed by atoms with Gasteiger partial charge in [0.2, 0.25) is 0 Å². The molecule has 0 saturated heterocycles. The number of fused-ring (bicyclic) bond motifs is 1. The van der Waals surface area contributed by atoms with E-state index >= 15 is 0 Å². The molecule has 0 amide bonds. The molecule has 19 heavy (non-hydrogen) atoms. The van der Waals surface area contributed by atoms with E-state index in [0.29, 0.717) is 10.3 Å². The van der Waals surface area contributed by atoms with E-state index in [1.54, 1.807) is 0 Å². The molecular weight excluding hydrogens is 281 g/mol. The minimum Gasteiger partial charge on any atom is -0.294 e. The van der Waals surface area contributed by atoms with E-state index in [1.165, 1.54) is 5.56 Å². The van der Waals surface area contributed by atoms with Crippen molar-refractivity contribution in [2.75, 3.05) is 6.54 Å². The quantitative estimate of drug-likeness (QED) is 0.850. The van der Waals surface area contributed by atoms with Crippen molar-refractivity contribution in [2.45, 2.75) is 19.5 Å². The maximum Gasteiger partial charge on any atom is 0.156 e. The average molecular weight is 294 g/mol. The molecule has 0 atom stereocenters. The van der Waals surface area contributed by atoms with Crippen LogP contribution < -0.4 is 0 Å². The fraction of sp³-hybridized carbons (Fsp3) is 0.286. The van der Waals surface area contributed by atoms with Gasteiger partial charge in [0.05, 0.1) is 0 Å². The number of benzene rings is 1. The first-order valence-corrected chi connectivity index (χ1v) is 6.95. The van der Waals surface area contributed by atoms with Crippen LogP contribution in [0.4, 0.5) is 0 Å². The van der Waals surface area contributed by atoms with Gasteiger partial charge in [-0.15, -0.1) is 10.2 Å². The van der Waals surface area contributed by atoms with Gasteiger partial charge in [0.25, 0.3) is 0 Å². The standard InChI is InChI=1S/C14H13Cl2N3/c15-13-11-6-7-19(8-10-4-2-1-3-5-10)9-12(11)14(16)18-17-13/h1-5H,6-9H2. The Bertz CT molecular complexity index is 587. The molecule has 0 unspecified atom stereocenters. The van der Waals surface area contributed by atoms with Crippen LogP contribution in [0.25, 0.3) is 0 Å². The molecule has 5 heteroatoms. The van der Waals surface area contributed by atoms with E-state index in [1.807, 2.05) is 6.07 Å². The zero-order valence-electron chi connectivity index (χ0n) is 10.3. The number of rotatable bonds is 2. The van der Waals surface area contributed by atoms with Crippen molar-refractivity contribution in [3.05, 3.63) is 57.3 Å². The van der Waals surface area contributed by atoms with Crippen LogP contribution in [-0.4, -0.2) is 21.6 Å². The van der Waals surface area contributed by atoms with Crippen molar-refractivity contribution in [1.82, 2.24) is 15.1 Å². The van der Waals surface area contributed by atoms with Gasteiger partial charge in [-0.1, -0.05) is 53.5 Å². The molecule has 1 aromatic heterocycles. The third-order valence-corrected chi connectivity index (χ3v) is 4.00. The molecule has 0 saturated carbocycles. The van der Waals surface area contributed by atoms with Gasteiger partial charge in [-0.2, -0.15) is 0 Å². The molecule has 3 nitrogen and oxygen atoms in total. The highest BCUT2D eigenvalue weighted by Gasteiger charge is 2.22. The highest BCUT2D eigenvalue weighted by molar-refractivity contribution is 6.32. The molecule has 2 aromatic rings. The Kier molecular flexibility index (Phi) is 3.69. The van der Waals surface area contributed by atoms with Crippen LogP contribution in [0.2, 0.25) is 10.3 Å². The molecule has 2 heterocycles. The predicted molar refractivity (Wildman–Crippen MR) is 76.3 cm³/mol. The Balaban J connectivity index is 1.81. The lowest BCUT2D eigenvalue weighted by atomic mass is 10.0. The summed E-state index contributed by atoms with van der Waals surface area (Å²) >= 11 is 12.2. The Morgan fingerprint density at radius 2 is 1.68 bits per heavy atom. The fourth-order valence-electron chi connectivity index (χ4n) is 2.42. The SMILES string of the molecule is Clc1nnc(Cl)c2c1CCN(Cc1ccccc1)C2. The third kappa shape index (κ3) is 2.73. The van der Waals surface area contributed by atoms with E-state index in [-0.39, 0.29) is 0 Å². The van der Waals surface area contributed by atoms with Crippen molar-refractivity contribution in [3.63, 3.8) is 0 Å². The first-order chi connectivity index (χ1) is 9.24. The predicted octanol–water partition coefficient (Wildman–Crippen LogP) is 3.34. The van der Waals surface area contributed by atoms with Crippen LogP contribution in [0.3, 0.4) is 0 Å². The van der Waals surface area contributed by atoms with Gasteiger partial charge in [-0.3, -0.25) is 4.90 Å². The molecule has 0 fully saturated rings. The zero-order valence-corrected chi connectivity index (χ0v) is 11.8. The van der Waals surface area contributed by atoms with Gasteiger partial charge in [0, 0.05) is 30.8 Å². The summed E-state index contributed by atoms with van der Waals surface area (Å²) in [5.41, 5.74) is 3.37. The number of halogens is 2. The second-order valence-corrected chi connectivity index (χ2v) is 5.40. The Morgan fingerprint density at radius 1 is 1.00 bits per heavy atom. The lowest BCUT2D eigenvalue weighted by Crippen LogP contribution is -2.31. The maximum atomic E-state index is 6.12. The van der Waals surface area contributed by atoms with Gasteiger partial charge in [0.1, 0.15) is 0 Å². The molecule has 1 aliphatic heterocycles. The summed E-state index contributed by atoms with van der Waals surface area (Å²) in [4.78, 5) is 2.35. The molecule has 0 bridgehead atoms. The Morgan fingerprint density at radius 3 is 2.42 bits per heavy atom. The molecule has 0 spiro atoms. The summed E-state index contributed by atoms with van der Waals surface area (Å²) in [6, 6.07) is 10.4. The summed E-state index contributed by atoms with van der Waals surface area (Å²) in [6.45, 7) is 2.65. The van der Waals surface area contributed by atoms with Gasteiger partial charge in [0.15, 0.2) is 10.3 Å². The van der Waals surface area contributed by atoms with Crippen molar-refractivity contribution in [1.29, 1.82) is 0 Å². The highest BCUT2D eigenvalue weighted by atomic mass is 35.5. The van der Waals surface area contributed by atoms with E-state index in [2.05, 4.69) is 39.4 Å². The monoisotopic (exact) mass is 293 g/mol. The summed E-state index contributed by atoms with van der Waals surface area (Å²) < 4.78 is 0. The zero-order chi connectivity index (χ0) is 13.2. The first-order valence-electron chi connectivity index (χ1n) is 6.20. The second kappa shape index (κ2) is 5.45. The molecule has 0 aliphatic carbocycles. The lowest BCUT2D eigenvalue weighted by Gasteiger charge is -2.29. The van der Waals surface area contributed by atoms with Crippen molar-refractivity contribution < 1.29 is 0 Å². The molecule has 0 radical (unpaired) electrons. The van der Waals surface area contributed by atoms with E-state index in [0.717, 1.165) is 37.2 Å². The van der Waals surface area contributed by atoms with Gasteiger partial charge in [-0.25, -0.2) is 0 Å². The molecule has 1 aromatic carbocycles. The summed E-state index contributed by atoms with van der Waals surface area (Å²) in [5.74, 6) is 0. The van der Waals surface area contributed by atoms with Gasteiger partial charge < -0.3 is 0 Å². The number of hydrogen-bond donors (Lipinski definition) is 0. The van der Waals surface area contributed by atoms with Crippen LogP contribution in [-0.2, 0) is 19.5 Å². The van der Waals surface area contributed by atoms with Crippen LogP contribution in [0.5, 0.6) is 0 Å². The molecule has 98 valence electrons. The fourth-order valence-corrected chi connectivity index (χ4v) is 2.88. The topological polar surface area (TPSA) is 29.0 Å². The second-order valence-electron chi connectivity index (χ2n) is 4.68. The normalized spacial score (nSPS) is 15.3. The average Bonchev–Trinajstić information content (AvgIpc) is 2.44. The molecule has 1 aliphatic rings. The number of nitrogens with zero attached hydrogens (tertiary/aromatic N) is 3. The Labute approximate surface area is 122 Å². The molecule has 3 rings (SSSR count). The van der Waals surface area contributed by atoms with Crippen LogP contribution in [0, 0.1) is 0 Å². The van der Waals surface area contributed by atoms with Crippen LogP contribution in [0.1, 0.15) is 16.7 Å². The molecular formula is C14H13Cl2N3. The lowest BCUT2D eigenvalue weighted by molar-refractivity contribution is 0.245. The summed E-state index contributed by atoms with van der Waals surface area (Å²) in [6.07, 6.45) is 0.871. The van der Waals surface area contributed by atoms with Crippen molar-refractivity contribution in [3.8, 4) is 0 Å². The minimum atomic E-state index is 0.470. The highest BCUT2D eigenvalue weighted by Crippen LogP contribution is 2.29. The number of hydrogen-bond acceptors (Lipinski definition) is 3. The molecule has 0 N–H and O–H groups in total. The van der Waals surface area contributed by atoms with E-state index in [9.17, 15) is 0 Å². The number of aromatic nitrogens is 2. The van der Waals surface area contributed by atoms with E-state index < -0.39 is 0 Å². The third-order valence-electron chi connectivity index (χ3n) is 3.40. The van der Waals surface area contributed by atoms with E-state index in [4.69, 9.17) is 23.2 Å². The largest absolute Gasteiger partial charge is 0.294 e.